The molecule has 2 aromatic carbocycles. The summed E-state index contributed by atoms with van der Waals surface area (Å²) >= 11 is 0. The van der Waals surface area contributed by atoms with Crippen LogP contribution in [0.5, 0.6) is 11.5 Å². The van der Waals surface area contributed by atoms with Crippen molar-refractivity contribution in [1.29, 1.82) is 0 Å². The molecule has 172 valence electrons. The molecule has 0 aliphatic carbocycles. The number of carbonyl (C=O) groups is 1. The molecule has 0 radical (unpaired) electrons. The van der Waals surface area contributed by atoms with Gasteiger partial charge in [0.1, 0.15) is 24.7 Å². The number of nitro groups is 1. The number of hydrogen-bond donors (Lipinski definition) is 0. The topological polar surface area (TPSA) is 113 Å². The van der Waals surface area contributed by atoms with Crippen molar-refractivity contribution in [1.82, 2.24) is 0 Å². The zero-order valence-corrected chi connectivity index (χ0v) is 18.0. The smallest absolute Gasteiger partial charge is 0.363 e. The van der Waals surface area contributed by atoms with Crippen molar-refractivity contribution in [2.45, 2.75) is 6.42 Å². The van der Waals surface area contributed by atoms with Crippen LogP contribution in [0.1, 0.15) is 16.9 Å². The summed E-state index contributed by atoms with van der Waals surface area (Å²) in [5.41, 5.74) is 1.11. The number of non-ortho nitro benzene ring substituents is 1. The molecular weight excluding hydrogens is 440 g/mol. The number of ether oxygens (including phenoxy) is 3. The SMILES string of the molecule is C=CCc1ccccc1OCCOc1ccc([N+](=O)[O-])cc1/C=C1\N=C(c2ccco2)OC1=O. The second-order valence-corrected chi connectivity index (χ2v) is 7.09. The van der Waals surface area contributed by atoms with E-state index in [0.717, 1.165) is 11.3 Å². The van der Waals surface area contributed by atoms with Gasteiger partial charge in [0.15, 0.2) is 11.5 Å². The Hall–Kier alpha value is -4.66. The molecule has 0 bridgehead atoms. The van der Waals surface area contributed by atoms with E-state index >= 15 is 0 Å². The Bertz CT molecular complexity index is 1280. The van der Waals surface area contributed by atoms with Gasteiger partial charge in [-0.2, -0.15) is 0 Å². The Morgan fingerprint density at radius 2 is 1.85 bits per heavy atom. The van der Waals surface area contributed by atoms with Crippen molar-refractivity contribution in [2.24, 2.45) is 4.99 Å². The number of aliphatic imine (C=N–C) groups is 1. The highest BCUT2D eigenvalue weighted by Crippen LogP contribution is 2.29. The van der Waals surface area contributed by atoms with Crippen molar-refractivity contribution < 1.29 is 28.3 Å². The summed E-state index contributed by atoms with van der Waals surface area (Å²) in [7, 11) is 0. The van der Waals surface area contributed by atoms with Gasteiger partial charge in [-0.1, -0.05) is 24.3 Å². The summed E-state index contributed by atoms with van der Waals surface area (Å²) in [6.45, 7) is 4.16. The predicted octanol–water partition coefficient (Wildman–Crippen LogP) is 4.72. The van der Waals surface area contributed by atoms with E-state index in [4.69, 9.17) is 18.6 Å². The van der Waals surface area contributed by atoms with E-state index in [1.54, 1.807) is 18.2 Å². The number of furan rings is 1. The van der Waals surface area contributed by atoms with E-state index in [0.29, 0.717) is 23.5 Å². The molecule has 2 heterocycles. The molecule has 1 aliphatic rings. The highest BCUT2D eigenvalue weighted by molar-refractivity contribution is 6.12. The van der Waals surface area contributed by atoms with Crippen LogP contribution in [0.3, 0.4) is 0 Å². The number of rotatable bonds is 10. The summed E-state index contributed by atoms with van der Waals surface area (Å²) in [5.74, 6) is 0.661. The van der Waals surface area contributed by atoms with Gasteiger partial charge in [0, 0.05) is 17.7 Å². The first-order chi connectivity index (χ1) is 16.5. The normalized spacial score (nSPS) is 13.9. The molecule has 0 unspecified atom stereocenters. The number of carbonyl (C=O) groups excluding carboxylic acids is 1. The third kappa shape index (κ3) is 5.21. The molecule has 0 amide bonds. The first kappa shape index (κ1) is 22.5. The fourth-order valence-electron chi connectivity index (χ4n) is 3.23. The Morgan fingerprint density at radius 1 is 1.06 bits per heavy atom. The number of para-hydroxylation sites is 1. The van der Waals surface area contributed by atoms with Crippen LogP contribution in [-0.2, 0) is 16.0 Å². The van der Waals surface area contributed by atoms with E-state index < -0.39 is 10.9 Å². The minimum Gasteiger partial charge on any atom is -0.490 e. The monoisotopic (exact) mass is 460 g/mol. The van der Waals surface area contributed by atoms with Crippen molar-refractivity contribution >= 4 is 23.6 Å². The van der Waals surface area contributed by atoms with Gasteiger partial charge in [0.05, 0.1) is 11.2 Å². The molecular formula is C25H20N2O7. The first-order valence-electron chi connectivity index (χ1n) is 10.3. The highest BCUT2D eigenvalue weighted by Gasteiger charge is 2.26. The average Bonchev–Trinajstić information content (AvgIpc) is 3.49. The molecule has 9 nitrogen and oxygen atoms in total. The third-order valence-corrected chi connectivity index (χ3v) is 4.78. The van der Waals surface area contributed by atoms with Gasteiger partial charge in [-0.3, -0.25) is 10.1 Å². The van der Waals surface area contributed by atoms with Crippen LogP contribution in [0.2, 0.25) is 0 Å². The van der Waals surface area contributed by atoms with Gasteiger partial charge >= 0.3 is 5.97 Å². The van der Waals surface area contributed by atoms with E-state index in [2.05, 4.69) is 11.6 Å². The first-order valence-corrected chi connectivity index (χ1v) is 10.3. The van der Waals surface area contributed by atoms with E-state index in [-0.39, 0.29) is 30.5 Å². The van der Waals surface area contributed by atoms with Crippen molar-refractivity contribution in [3.8, 4) is 11.5 Å². The van der Waals surface area contributed by atoms with Crippen molar-refractivity contribution in [3.63, 3.8) is 0 Å². The fraction of sp³-hybridized carbons (Fsp3) is 0.120. The molecule has 0 fully saturated rings. The lowest BCUT2D eigenvalue weighted by Gasteiger charge is -2.12. The zero-order valence-electron chi connectivity index (χ0n) is 18.0. The molecule has 0 atom stereocenters. The molecule has 0 saturated carbocycles. The maximum atomic E-state index is 12.3. The Labute approximate surface area is 194 Å². The lowest BCUT2D eigenvalue weighted by Crippen LogP contribution is -2.10. The summed E-state index contributed by atoms with van der Waals surface area (Å²) in [6, 6.07) is 14.9. The van der Waals surface area contributed by atoms with Crippen LogP contribution in [0.4, 0.5) is 5.69 Å². The quantitative estimate of drug-likeness (QED) is 0.107. The third-order valence-electron chi connectivity index (χ3n) is 4.78. The van der Waals surface area contributed by atoms with E-state index in [1.807, 2.05) is 24.3 Å². The number of nitrogens with zero attached hydrogens (tertiary/aromatic N) is 2. The summed E-state index contributed by atoms with van der Waals surface area (Å²) in [4.78, 5) is 27.1. The second-order valence-electron chi connectivity index (χ2n) is 7.09. The van der Waals surface area contributed by atoms with Gasteiger partial charge in [-0.25, -0.2) is 9.79 Å². The van der Waals surface area contributed by atoms with Crippen molar-refractivity contribution in [3.05, 3.63) is 106 Å². The lowest BCUT2D eigenvalue weighted by atomic mass is 10.1. The van der Waals surface area contributed by atoms with Gasteiger partial charge in [-0.05, 0) is 42.3 Å². The number of esters is 1. The van der Waals surface area contributed by atoms with Crippen LogP contribution in [0, 0.1) is 10.1 Å². The van der Waals surface area contributed by atoms with Crippen LogP contribution in [0.15, 0.2) is 88.6 Å². The van der Waals surface area contributed by atoms with Crippen LogP contribution < -0.4 is 9.47 Å². The fourth-order valence-corrected chi connectivity index (χ4v) is 3.23. The maximum absolute atomic E-state index is 12.3. The van der Waals surface area contributed by atoms with Crippen molar-refractivity contribution in [2.75, 3.05) is 13.2 Å². The minimum absolute atomic E-state index is 0.0146. The van der Waals surface area contributed by atoms with Gasteiger partial charge in [-0.15, -0.1) is 6.58 Å². The van der Waals surface area contributed by atoms with Gasteiger partial charge in [0.25, 0.3) is 11.6 Å². The predicted molar refractivity (Wildman–Crippen MR) is 124 cm³/mol. The molecule has 0 spiro atoms. The Morgan fingerprint density at radius 3 is 2.59 bits per heavy atom. The second kappa shape index (κ2) is 10.3. The molecule has 1 aromatic heterocycles. The largest absolute Gasteiger partial charge is 0.490 e. The standard InChI is InChI=1S/C25H20N2O7/c1-2-6-17-7-3-4-8-21(17)32-13-14-33-22-11-10-19(27(29)30)15-18(22)16-20-25(28)34-24(26-20)23-9-5-12-31-23/h2-5,7-12,15-16H,1,6,13-14H2/b20-16-. The number of hydrogen-bond acceptors (Lipinski definition) is 8. The summed E-state index contributed by atoms with van der Waals surface area (Å²) < 4.78 is 22.0. The van der Waals surface area contributed by atoms with Crippen LogP contribution in [-0.4, -0.2) is 30.0 Å². The molecule has 9 heteroatoms. The zero-order chi connectivity index (χ0) is 23.9. The lowest BCUT2D eigenvalue weighted by molar-refractivity contribution is -0.384. The number of cyclic esters (lactones) is 1. The molecule has 0 saturated heterocycles. The number of allylic oxidation sites excluding steroid dienone is 1. The van der Waals surface area contributed by atoms with Crippen LogP contribution in [0.25, 0.3) is 6.08 Å². The maximum Gasteiger partial charge on any atom is 0.363 e. The summed E-state index contributed by atoms with van der Waals surface area (Å²) in [6.07, 6.45) is 5.27. The van der Waals surface area contributed by atoms with Gasteiger partial charge < -0.3 is 18.6 Å². The highest BCUT2D eigenvalue weighted by atomic mass is 16.6. The minimum atomic E-state index is -0.703. The molecule has 0 N–H and O–H groups in total. The molecule has 34 heavy (non-hydrogen) atoms. The number of benzene rings is 2. The molecule has 3 aromatic rings. The summed E-state index contributed by atoms with van der Waals surface area (Å²) in [5, 5.41) is 11.3. The van der Waals surface area contributed by atoms with Crippen LogP contribution >= 0.6 is 0 Å². The van der Waals surface area contributed by atoms with E-state index in [1.165, 1.54) is 30.5 Å². The average molecular weight is 460 g/mol. The Kier molecular flexibility index (Phi) is 6.83. The Balaban J connectivity index is 1.51. The number of nitro benzene ring substituents is 1. The molecule has 1 aliphatic heterocycles. The molecule has 4 rings (SSSR count). The van der Waals surface area contributed by atoms with Gasteiger partial charge in [0.2, 0.25) is 0 Å². The van der Waals surface area contributed by atoms with E-state index in [9.17, 15) is 14.9 Å².